The van der Waals surface area contributed by atoms with Gasteiger partial charge in [-0.2, -0.15) is 0 Å². The van der Waals surface area contributed by atoms with Crippen molar-refractivity contribution in [3.05, 3.63) is 47.5 Å². The fraction of sp³-hybridized carbons (Fsp3) is 0.250. The topological polar surface area (TPSA) is 94.8 Å². The van der Waals surface area contributed by atoms with Gasteiger partial charge in [-0.05, 0) is 31.5 Å². The van der Waals surface area contributed by atoms with Gasteiger partial charge >= 0.3 is 6.01 Å². The molecule has 28 heavy (non-hydrogen) atoms. The maximum Gasteiger partial charge on any atom is 0.313 e. The number of anilines is 3. The number of nitrogens with two attached hydrogens (primary N) is 1. The van der Waals surface area contributed by atoms with Crippen LogP contribution in [0.15, 0.2) is 35.0 Å². The minimum atomic E-state index is -0.491. The lowest BCUT2D eigenvalue weighted by atomic mass is 10.1. The number of hydrogen-bond donors (Lipinski definition) is 2. The summed E-state index contributed by atoms with van der Waals surface area (Å²) in [6, 6.07) is 7.55. The van der Waals surface area contributed by atoms with Crippen LogP contribution < -0.4 is 11.1 Å². The van der Waals surface area contributed by atoms with Crippen molar-refractivity contribution in [3.8, 4) is 11.5 Å². The van der Waals surface area contributed by atoms with Gasteiger partial charge in [0.2, 0.25) is 0 Å². The third-order valence-electron chi connectivity index (χ3n) is 4.27. The fourth-order valence-corrected chi connectivity index (χ4v) is 2.95. The maximum absolute atomic E-state index is 15.3. The number of benzene rings is 2. The van der Waals surface area contributed by atoms with Crippen molar-refractivity contribution < 1.29 is 8.81 Å². The number of nitrogen functional groups attached to an aromatic ring is 1. The minimum absolute atomic E-state index is 0.0806. The normalized spacial score (nSPS) is 10.6. The molecule has 146 valence electrons. The summed E-state index contributed by atoms with van der Waals surface area (Å²) in [4.78, 5) is 4.15. The maximum atomic E-state index is 15.3. The molecular formula is C20H23FN6O. The van der Waals surface area contributed by atoms with Gasteiger partial charge in [0.25, 0.3) is 5.89 Å². The molecule has 2 aromatic heterocycles. The Balaban J connectivity index is 0.00000109. The van der Waals surface area contributed by atoms with Crippen LogP contribution in [0.3, 0.4) is 0 Å². The Kier molecular flexibility index (Phi) is 5.30. The molecule has 0 atom stereocenters. The van der Waals surface area contributed by atoms with Gasteiger partial charge in [0, 0.05) is 12.7 Å². The number of nitrogens with one attached hydrogen (secondary N) is 1. The van der Waals surface area contributed by atoms with Crippen LogP contribution in [0.4, 0.5) is 21.8 Å². The molecule has 0 saturated carbocycles. The van der Waals surface area contributed by atoms with E-state index in [2.05, 4.69) is 20.5 Å². The molecule has 0 bridgehead atoms. The van der Waals surface area contributed by atoms with E-state index in [0.29, 0.717) is 11.1 Å². The second-order valence-corrected chi connectivity index (χ2v) is 6.23. The zero-order chi connectivity index (χ0) is 20.4. The predicted octanol–water partition coefficient (Wildman–Crippen LogP) is 4.73. The molecule has 0 spiro atoms. The molecule has 3 N–H and O–H groups in total. The highest BCUT2D eigenvalue weighted by Crippen LogP contribution is 2.37. The summed E-state index contributed by atoms with van der Waals surface area (Å²) in [5, 5.41) is 10.7. The van der Waals surface area contributed by atoms with E-state index < -0.39 is 5.82 Å². The van der Waals surface area contributed by atoms with Crippen LogP contribution in [0.1, 0.15) is 25.0 Å². The molecule has 0 amide bonds. The zero-order valence-corrected chi connectivity index (χ0v) is 16.5. The quantitative estimate of drug-likeness (QED) is 0.532. The van der Waals surface area contributed by atoms with Crippen LogP contribution in [-0.4, -0.2) is 19.7 Å². The van der Waals surface area contributed by atoms with Crippen molar-refractivity contribution in [2.75, 3.05) is 11.1 Å². The Morgan fingerprint density at radius 2 is 1.89 bits per heavy atom. The number of halogens is 1. The SMILES string of the molecule is CC.Cc1ccc(Nc2c(-c3nnc(N)o3)cc3c(ncn3C)c2F)c(C)c1. The molecule has 0 fully saturated rings. The Morgan fingerprint density at radius 1 is 1.14 bits per heavy atom. The molecule has 0 radical (unpaired) electrons. The van der Waals surface area contributed by atoms with Crippen LogP contribution in [0, 0.1) is 19.7 Å². The number of fused-ring (bicyclic) bond motifs is 1. The van der Waals surface area contributed by atoms with Gasteiger partial charge in [-0.15, -0.1) is 5.10 Å². The third-order valence-corrected chi connectivity index (χ3v) is 4.27. The van der Waals surface area contributed by atoms with E-state index in [1.165, 1.54) is 0 Å². The van der Waals surface area contributed by atoms with Crippen LogP contribution in [0.25, 0.3) is 22.5 Å². The largest absolute Gasteiger partial charge is 0.403 e. The minimum Gasteiger partial charge on any atom is -0.403 e. The van der Waals surface area contributed by atoms with Crippen molar-refractivity contribution in [2.45, 2.75) is 27.7 Å². The van der Waals surface area contributed by atoms with Gasteiger partial charge in [-0.1, -0.05) is 36.6 Å². The Morgan fingerprint density at radius 3 is 2.54 bits per heavy atom. The third kappa shape index (κ3) is 3.40. The van der Waals surface area contributed by atoms with E-state index in [0.717, 1.165) is 16.8 Å². The number of aromatic nitrogens is 4. The lowest BCUT2D eigenvalue weighted by Gasteiger charge is -2.14. The molecule has 2 aromatic carbocycles. The summed E-state index contributed by atoms with van der Waals surface area (Å²) in [6.07, 6.45) is 1.56. The molecule has 4 aromatic rings. The van der Waals surface area contributed by atoms with Crippen LogP contribution in [0.2, 0.25) is 0 Å². The summed E-state index contributed by atoms with van der Waals surface area (Å²) in [5.74, 6) is -0.355. The van der Waals surface area contributed by atoms with Crippen molar-refractivity contribution >= 4 is 28.4 Å². The van der Waals surface area contributed by atoms with Crippen molar-refractivity contribution in [1.82, 2.24) is 19.7 Å². The Hall–Kier alpha value is -3.42. The average Bonchev–Trinajstić information content (AvgIpc) is 3.27. The van der Waals surface area contributed by atoms with Gasteiger partial charge in [-0.25, -0.2) is 9.37 Å². The van der Waals surface area contributed by atoms with Gasteiger partial charge in [0.1, 0.15) is 5.52 Å². The molecular weight excluding hydrogens is 359 g/mol. The van der Waals surface area contributed by atoms with Crippen molar-refractivity contribution in [2.24, 2.45) is 7.05 Å². The highest BCUT2D eigenvalue weighted by molar-refractivity contribution is 5.91. The van der Waals surface area contributed by atoms with E-state index >= 15 is 4.39 Å². The number of rotatable bonds is 3. The van der Waals surface area contributed by atoms with E-state index in [9.17, 15) is 0 Å². The molecule has 2 heterocycles. The first-order valence-electron chi connectivity index (χ1n) is 9.01. The average molecular weight is 382 g/mol. The highest BCUT2D eigenvalue weighted by atomic mass is 19.1. The van der Waals surface area contributed by atoms with Crippen LogP contribution in [0.5, 0.6) is 0 Å². The first-order valence-corrected chi connectivity index (χ1v) is 9.01. The first-order chi connectivity index (χ1) is 13.4. The van der Waals surface area contributed by atoms with E-state index in [1.807, 2.05) is 45.9 Å². The van der Waals surface area contributed by atoms with E-state index in [4.69, 9.17) is 10.2 Å². The first kappa shape index (κ1) is 19.3. The summed E-state index contributed by atoms with van der Waals surface area (Å²) in [7, 11) is 1.79. The van der Waals surface area contributed by atoms with E-state index in [1.54, 1.807) is 24.0 Å². The Labute approximate surface area is 162 Å². The number of aryl methyl sites for hydroxylation is 3. The molecule has 0 aliphatic carbocycles. The zero-order valence-electron chi connectivity index (χ0n) is 16.5. The molecule has 0 aliphatic heterocycles. The lowest BCUT2D eigenvalue weighted by molar-refractivity contribution is 0.589. The van der Waals surface area contributed by atoms with Crippen molar-refractivity contribution in [1.29, 1.82) is 0 Å². The molecule has 0 saturated heterocycles. The predicted molar refractivity (Wildman–Crippen MR) is 109 cm³/mol. The summed E-state index contributed by atoms with van der Waals surface area (Å²) in [6.45, 7) is 7.96. The van der Waals surface area contributed by atoms with Gasteiger partial charge in [-0.3, -0.25) is 0 Å². The standard InChI is InChI=1S/C18H17FN6O.C2H6/c1-9-4-5-12(10(2)6-9)22-15-11(17-23-24-18(20)26-17)7-13-16(14(15)19)21-8-25(13)3;1-2/h4-8,22H,1-3H3,(H2,20,24);1-2H3. The second kappa shape index (κ2) is 7.67. The number of nitrogens with zero attached hydrogens (tertiary/aromatic N) is 4. The van der Waals surface area contributed by atoms with Gasteiger partial charge in [0.05, 0.1) is 23.1 Å². The highest BCUT2D eigenvalue weighted by Gasteiger charge is 2.21. The second-order valence-electron chi connectivity index (χ2n) is 6.23. The molecule has 8 heteroatoms. The number of imidazole rings is 1. The summed E-state index contributed by atoms with van der Waals surface area (Å²) < 4.78 is 22.3. The van der Waals surface area contributed by atoms with E-state index in [-0.39, 0.29) is 23.1 Å². The molecule has 4 rings (SSSR count). The number of hydrogen-bond acceptors (Lipinski definition) is 6. The summed E-state index contributed by atoms with van der Waals surface area (Å²) in [5.41, 5.74) is 9.94. The fourth-order valence-electron chi connectivity index (χ4n) is 2.95. The summed E-state index contributed by atoms with van der Waals surface area (Å²) >= 11 is 0. The Bertz CT molecular complexity index is 1130. The smallest absolute Gasteiger partial charge is 0.313 e. The molecule has 7 nitrogen and oxygen atoms in total. The monoisotopic (exact) mass is 382 g/mol. The van der Waals surface area contributed by atoms with Gasteiger partial charge < -0.3 is 20.0 Å². The van der Waals surface area contributed by atoms with Gasteiger partial charge in [0.15, 0.2) is 5.82 Å². The lowest BCUT2D eigenvalue weighted by Crippen LogP contribution is -2.01. The van der Waals surface area contributed by atoms with Crippen molar-refractivity contribution in [3.63, 3.8) is 0 Å². The van der Waals surface area contributed by atoms with Crippen LogP contribution in [-0.2, 0) is 7.05 Å². The molecule has 0 aliphatic rings. The molecule has 0 unspecified atom stereocenters. The van der Waals surface area contributed by atoms with Crippen LogP contribution >= 0.6 is 0 Å².